The Balaban J connectivity index is 2.33. The molecular weight excluding hydrogens is 228 g/mol. The molecule has 3 heteroatoms. The number of nitrogens with zero attached hydrogens (tertiary/aromatic N) is 2. The van der Waals surface area contributed by atoms with Crippen LogP contribution in [0.3, 0.4) is 0 Å². The van der Waals surface area contributed by atoms with Crippen molar-refractivity contribution in [2.24, 2.45) is 5.41 Å². The molecule has 0 spiro atoms. The van der Waals surface area contributed by atoms with Crippen LogP contribution in [0, 0.1) is 12.3 Å². The molecular formula is C14H20N2S. The first-order chi connectivity index (χ1) is 7.80. The summed E-state index contributed by atoms with van der Waals surface area (Å²) in [6.45, 7) is 11.6. The smallest absolute Gasteiger partial charge is 0.194 e. The van der Waals surface area contributed by atoms with Crippen LogP contribution in [0.15, 0.2) is 5.38 Å². The average molecular weight is 248 g/mol. The Hall–Kier alpha value is -0.830. The molecule has 3 rings (SSSR count). The minimum absolute atomic E-state index is 0.225. The molecule has 0 saturated heterocycles. The van der Waals surface area contributed by atoms with Gasteiger partial charge in [-0.1, -0.05) is 27.7 Å². The molecule has 0 aliphatic heterocycles. The largest absolute Gasteiger partial charge is 0.291 e. The van der Waals surface area contributed by atoms with Crippen molar-refractivity contribution in [3.8, 4) is 0 Å². The molecule has 0 amide bonds. The Labute approximate surface area is 107 Å². The SMILES string of the molecule is Cc1csc2nc3c(n12)C(C)(C)CC(C)(C)C3. The van der Waals surface area contributed by atoms with Crippen LogP contribution in [0.2, 0.25) is 0 Å². The average Bonchev–Trinajstić information content (AvgIpc) is 2.62. The van der Waals surface area contributed by atoms with Crippen LogP contribution < -0.4 is 0 Å². The number of rotatable bonds is 0. The number of hydrogen-bond donors (Lipinski definition) is 0. The molecule has 92 valence electrons. The van der Waals surface area contributed by atoms with E-state index in [1.54, 1.807) is 11.3 Å². The quantitative estimate of drug-likeness (QED) is 0.690. The molecule has 17 heavy (non-hydrogen) atoms. The van der Waals surface area contributed by atoms with Gasteiger partial charge in [0.15, 0.2) is 4.96 Å². The van der Waals surface area contributed by atoms with Crippen molar-refractivity contribution in [2.45, 2.75) is 52.9 Å². The highest BCUT2D eigenvalue weighted by Gasteiger charge is 2.41. The van der Waals surface area contributed by atoms with Gasteiger partial charge in [0, 0.05) is 16.5 Å². The van der Waals surface area contributed by atoms with E-state index in [1.165, 1.54) is 28.5 Å². The second-order valence-corrected chi connectivity index (χ2v) is 7.64. The summed E-state index contributed by atoms with van der Waals surface area (Å²) in [6.07, 6.45) is 2.34. The standard InChI is InChI=1S/C14H20N2S/c1-9-7-17-12-15-10-6-13(2,3)8-14(4,5)11(10)16(9)12/h7H,6,8H2,1-5H3. The fourth-order valence-corrected chi connectivity index (χ4v) is 4.54. The van der Waals surface area contributed by atoms with Crippen molar-refractivity contribution in [1.82, 2.24) is 9.38 Å². The van der Waals surface area contributed by atoms with E-state index < -0.39 is 0 Å². The van der Waals surface area contributed by atoms with Crippen LogP contribution in [0.25, 0.3) is 4.96 Å². The molecule has 0 saturated carbocycles. The minimum Gasteiger partial charge on any atom is -0.291 e. The summed E-state index contributed by atoms with van der Waals surface area (Å²) >= 11 is 1.76. The molecule has 2 nitrogen and oxygen atoms in total. The maximum absolute atomic E-state index is 4.85. The van der Waals surface area contributed by atoms with Crippen molar-refractivity contribution in [3.63, 3.8) is 0 Å². The summed E-state index contributed by atoms with van der Waals surface area (Å²) < 4.78 is 2.37. The van der Waals surface area contributed by atoms with Crippen LogP contribution in [-0.2, 0) is 11.8 Å². The fraction of sp³-hybridized carbons (Fsp3) is 0.643. The highest BCUT2D eigenvalue weighted by Crippen LogP contribution is 2.46. The predicted octanol–water partition coefficient (Wildman–Crippen LogP) is 3.95. The first-order valence-electron chi connectivity index (χ1n) is 6.26. The number of hydrogen-bond acceptors (Lipinski definition) is 2. The second-order valence-electron chi connectivity index (χ2n) is 6.80. The number of aryl methyl sites for hydroxylation is 1. The molecule has 2 heterocycles. The van der Waals surface area contributed by atoms with Crippen molar-refractivity contribution in [2.75, 3.05) is 0 Å². The lowest BCUT2D eigenvalue weighted by molar-refractivity contribution is 0.224. The summed E-state index contributed by atoms with van der Waals surface area (Å²) in [7, 11) is 0. The van der Waals surface area contributed by atoms with E-state index in [0.717, 1.165) is 6.42 Å². The Bertz CT molecular complexity index is 587. The summed E-state index contributed by atoms with van der Waals surface area (Å²) in [5.41, 5.74) is 4.69. The molecule has 0 N–H and O–H groups in total. The number of aromatic nitrogens is 2. The van der Waals surface area contributed by atoms with Gasteiger partial charge in [0.1, 0.15) is 0 Å². The molecule has 0 atom stereocenters. The maximum atomic E-state index is 4.85. The third-order valence-electron chi connectivity index (χ3n) is 3.81. The normalized spacial score (nSPS) is 21.7. The fourth-order valence-electron chi connectivity index (χ4n) is 3.65. The third-order valence-corrected chi connectivity index (χ3v) is 4.76. The second kappa shape index (κ2) is 3.14. The highest BCUT2D eigenvalue weighted by molar-refractivity contribution is 7.15. The van der Waals surface area contributed by atoms with Gasteiger partial charge in [-0.3, -0.25) is 4.40 Å². The lowest BCUT2D eigenvalue weighted by atomic mass is 9.66. The summed E-state index contributed by atoms with van der Waals surface area (Å²) in [5.74, 6) is 0. The van der Waals surface area contributed by atoms with Gasteiger partial charge in [0.2, 0.25) is 0 Å². The topological polar surface area (TPSA) is 17.3 Å². The van der Waals surface area contributed by atoms with E-state index >= 15 is 0 Å². The zero-order chi connectivity index (χ0) is 12.4. The van der Waals surface area contributed by atoms with Gasteiger partial charge < -0.3 is 0 Å². The van der Waals surface area contributed by atoms with E-state index in [1.807, 2.05) is 0 Å². The van der Waals surface area contributed by atoms with Gasteiger partial charge in [-0.25, -0.2) is 4.98 Å². The first kappa shape index (κ1) is 11.3. The molecule has 0 aromatic carbocycles. The zero-order valence-corrected chi connectivity index (χ0v) is 12.1. The van der Waals surface area contributed by atoms with Crippen LogP contribution in [0.5, 0.6) is 0 Å². The van der Waals surface area contributed by atoms with Crippen LogP contribution in [0.1, 0.15) is 51.2 Å². The number of thiazole rings is 1. The van der Waals surface area contributed by atoms with E-state index in [0.29, 0.717) is 5.41 Å². The molecule has 1 aliphatic rings. The number of fused-ring (bicyclic) bond motifs is 3. The van der Waals surface area contributed by atoms with E-state index in [4.69, 9.17) is 4.98 Å². The van der Waals surface area contributed by atoms with Crippen molar-refractivity contribution in [3.05, 3.63) is 22.5 Å². The van der Waals surface area contributed by atoms with E-state index in [-0.39, 0.29) is 5.41 Å². The molecule has 0 fully saturated rings. The summed E-state index contributed by atoms with van der Waals surface area (Å²) in [6, 6.07) is 0. The van der Waals surface area contributed by atoms with E-state index in [9.17, 15) is 0 Å². The molecule has 0 unspecified atom stereocenters. The van der Waals surface area contributed by atoms with Crippen LogP contribution in [-0.4, -0.2) is 9.38 Å². The van der Waals surface area contributed by atoms with Crippen molar-refractivity contribution >= 4 is 16.3 Å². The molecule has 1 aliphatic carbocycles. The van der Waals surface area contributed by atoms with Gasteiger partial charge in [-0.15, -0.1) is 11.3 Å². The first-order valence-corrected chi connectivity index (χ1v) is 7.14. The van der Waals surface area contributed by atoms with Gasteiger partial charge in [0.25, 0.3) is 0 Å². The van der Waals surface area contributed by atoms with Gasteiger partial charge >= 0.3 is 0 Å². The summed E-state index contributed by atoms with van der Waals surface area (Å²) in [4.78, 5) is 6.01. The Morgan fingerprint density at radius 3 is 2.71 bits per heavy atom. The van der Waals surface area contributed by atoms with Crippen molar-refractivity contribution < 1.29 is 0 Å². The lowest BCUT2D eigenvalue weighted by Crippen LogP contribution is -2.35. The van der Waals surface area contributed by atoms with Gasteiger partial charge in [-0.05, 0) is 25.2 Å². The minimum atomic E-state index is 0.225. The molecule has 2 aromatic heterocycles. The van der Waals surface area contributed by atoms with Crippen LogP contribution >= 0.6 is 11.3 Å². The summed E-state index contributed by atoms with van der Waals surface area (Å²) in [5, 5.41) is 2.21. The van der Waals surface area contributed by atoms with Crippen LogP contribution in [0.4, 0.5) is 0 Å². The molecule has 0 bridgehead atoms. The molecule has 2 aromatic rings. The zero-order valence-electron chi connectivity index (χ0n) is 11.3. The van der Waals surface area contributed by atoms with Gasteiger partial charge in [0.05, 0.1) is 11.4 Å². The Morgan fingerprint density at radius 1 is 1.29 bits per heavy atom. The highest BCUT2D eigenvalue weighted by atomic mass is 32.1. The third kappa shape index (κ3) is 1.55. The Morgan fingerprint density at radius 2 is 2.00 bits per heavy atom. The lowest BCUT2D eigenvalue weighted by Gasteiger charge is -2.40. The maximum Gasteiger partial charge on any atom is 0.194 e. The number of imidazole rings is 1. The monoisotopic (exact) mass is 248 g/mol. The predicted molar refractivity (Wildman–Crippen MR) is 72.9 cm³/mol. The van der Waals surface area contributed by atoms with E-state index in [2.05, 4.69) is 44.4 Å². The molecule has 0 radical (unpaired) electrons. The van der Waals surface area contributed by atoms with Gasteiger partial charge in [-0.2, -0.15) is 0 Å². The Kier molecular flexibility index (Phi) is 2.08. The van der Waals surface area contributed by atoms with Crippen molar-refractivity contribution in [1.29, 1.82) is 0 Å².